The summed E-state index contributed by atoms with van der Waals surface area (Å²) in [6.07, 6.45) is 7.66. The quantitative estimate of drug-likeness (QED) is 0.0654. The predicted octanol–water partition coefficient (Wildman–Crippen LogP) is 5.46. The summed E-state index contributed by atoms with van der Waals surface area (Å²) in [5.41, 5.74) is 1.73. The fraction of sp³-hybridized carbons (Fsp3) is 0.263. The molecule has 0 atom stereocenters. The van der Waals surface area contributed by atoms with E-state index >= 15 is 0 Å². The highest BCUT2D eigenvalue weighted by molar-refractivity contribution is 7.89. The highest BCUT2D eigenvalue weighted by Crippen LogP contribution is 2.62. The number of unbranched alkanes of at least 4 members (excludes halogenated alkanes) is 2. The monoisotopic (exact) mass is 748 g/mol. The molecule has 0 aliphatic heterocycles. The summed E-state index contributed by atoms with van der Waals surface area (Å²) in [5, 5.41) is 4.66. The van der Waals surface area contributed by atoms with Crippen LogP contribution in [0.3, 0.4) is 0 Å². The Labute approximate surface area is 297 Å². The van der Waals surface area contributed by atoms with E-state index in [-0.39, 0.29) is 12.8 Å². The van der Waals surface area contributed by atoms with Crippen molar-refractivity contribution in [2.75, 3.05) is 23.8 Å². The molecule has 12 heteroatoms. The van der Waals surface area contributed by atoms with Crippen LogP contribution < -0.4 is 21.2 Å². The molecule has 4 aromatic carbocycles. The lowest BCUT2D eigenvalue weighted by atomic mass is 10.3. The highest BCUT2D eigenvalue weighted by atomic mass is 32.2. The molecule has 0 unspecified atom stereocenters. The molecule has 5 aromatic rings. The zero-order valence-electron chi connectivity index (χ0n) is 27.8. The van der Waals surface area contributed by atoms with Gasteiger partial charge in [0.15, 0.2) is 0 Å². The van der Waals surface area contributed by atoms with E-state index in [9.17, 15) is 25.9 Å². The molecule has 0 aliphatic carbocycles. The van der Waals surface area contributed by atoms with E-state index in [1.807, 2.05) is 72.8 Å². The van der Waals surface area contributed by atoms with Gasteiger partial charge in [-0.3, -0.25) is 9.97 Å². The first-order valence-electron chi connectivity index (χ1n) is 16.6. The van der Waals surface area contributed by atoms with Crippen molar-refractivity contribution in [1.29, 1.82) is 0 Å². The topological polar surface area (TPSA) is 140 Å². The number of benzene rings is 4. The van der Waals surface area contributed by atoms with Crippen LogP contribution in [0.2, 0.25) is 0 Å². The van der Waals surface area contributed by atoms with Crippen molar-refractivity contribution in [2.45, 2.75) is 38.0 Å². The Hall–Kier alpha value is -3.36. The van der Waals surface area contributed by atoms with Gasteiger partial charge in [-0.2, -0.15) is 0 Å². The summed E-state index contributed by atoms with van der Waals surface area (Å²) < 4.78 is 69.2. The van der Waals surface area contributed by atoms with E-state index in [2.05, 4.69) is 48.5 Å². The van der Waals surface area contributed by atoms with Crippen molar-refractivity contribution in [3.05, 3.63) is 145 Å². The summed E-state index contributed by atoms with van der Waals surface area (Å²) in [6.45, 7) is 0. The fourth-order valence-corrected chi connectivity index (χ4v) is 16.5. The van der Waals surface area contributed by atoms with Crippen LogP contribution in [0.25, 0.3) is 0 Å². The van der Waals surface area contributed by atoms with E-state index in [1.54, 1.807) is 12.4 Å². The number of nitrogens with zero attached hydrogens (tertiary/aromatic N) is 2. The number of hydrogen-bond donors (Lipinski definition) is 0. The van der Waals surface area contributed by atoms with Gasteiger partial charge in [0.1, 0.15) is 23.7 Å². The molecule has 0 fully saturated rings. The molecular weight excluding hydrogens is 707 g/mol. The summed E-state index contributed by atoms with van der Waals surface area (Å²) in [4.78, 5) is 10.00. The summed E-state index contributed by atoms with van der Waals surface area (Å²) >= 11 is 0. The lowest BCUT2D eigenvalue weighted by Gasteiger charge is -2.30. The number of aromatic nitrogens is 2. The van der Waals surface area contributed by atoms with Gasteiger partial charge in [0.25, 0.3) is 0 Å². The molecule has 0 aliphatic rings. The van der Waals surface area contributed by atoms with Crippen LogP contribution >= 0.6 is 14.5 Å². The highest BCUT2D eigenvalue weighted by Gasteiger charge is 2.47. The number of hydrogen-bond acceptors (Lipinski definition) is 8. The van der Waals surface area contributed by atoms with Crippen LogP contribution in [0, 0.1) is 0 Å². The Kier molecular flexibility index (Phi) is 13.1. The first kappa shape index (κ1) is 37.9. The average Bonchev–Trinajstić information content (AvgIpc) is 3.12. The van der Waals surface area contributed by atoms with Crippen LogP contribution in [0.5, 0.6) is 0 Å². The zero-order valence-corrected chi connectivity index (χ0v) is 31.2. The zero-order chi connectivity index (χ0) is 35.5. The van der Waals surface area contributed by atoms with E-state index in [0.29, 0.717) is 37.5 Å². The van der Waals surface area contributed by atoms with Gasteiger partial charge in [0.2, 0.25) is 0 Å². The van der Waals surface area contributed by atoms with Crippen LogP contribution in [0.4, 0.5) is 0 Å². The Balaban J connectivity index is 1.62. The SMILES string of the molecule is O=S(=O)([O-])CCCC[P+](Cc1nccnc1C[P+](CCCCS(=O)(=O)[O-])(c1ccccc1)c1ccccc1)(c1ccccc1)c1ccccc1. The van der Waals surface area contributed by atoms with Crippen molar-refractivity contribution in [3.8, 4) is 0 Å². The van der Waals surface area contributed by atoms with Gasteiger partial charge in [-0.1, -0.05) is 72.8 Å². The molecule has 1 heterocycles. The molecule has 0 saturated heterocycles. The smallest absolute Gasteiger partial charge is 0.113 e. The predicted molar refractivity (Wildman–Crippen MR) is 205 cm³/mol. The third-order valence-electron chi connectivity index (χ3n) is 9.07. The third kappa shape index (κ3) is 10.1. The van der Waals surface area contributed by atoms with Gasteiger partial charge in [-0.25, -0.2) is 16.8 Å². The van der Waals surface area contributed by atoms with Gasteiger partial charge in [0.05, 0.1) is 68.3 Å². The molecule has 0 N–H and O–H groups in total. The molecule has 0 amide bonds. The molecule has 50 heavy (non-hydrogen) atoms. The van der Waals surface area contributed by atoms with Gasteiger partial charge in [-0.05, 0) is 74.2 Å². The maximum Gasteiger partial charge on any atom is 0.113 e. The minimum Gasteiger partial charge on any atom is -0.748 e. The molecule has 0 spiro atoms. The third-order valence-corrected chi connectivity index (χ3v) is 19.6. The fourth-order valence-electron chi connectivity index (χ4n) is 6.68. The van der Waals surface area contributed by atoms with E-state index in [0.717, 1.165) is 11.4 Å². The summed E-state index contributed by atoms with van der Waals surface area (Å²) in [7, 11) is -13.2. The second-order valence-electron chi connectivity index (χ2n) is 12.4. The first-order valence-corrected chi connectivity index (χ1v) is 24.1. The minimum absolute atomic E-state index is 0.274. The lowest BCUT2D eigenvalue weighted by molar-refractivity contribution is 0.458. The second-order valence-corrected chi connectivity index (χ2v) is 22.9. The molecule has 5 rings (SSSR count). The Morgan fingerprint density at radius 2 is 0.720 bits per heavy atom. The normalized spacial score (nSPS) is 12.5. The van der Waals surface area contributed by atoms with Crippen molar-refractivity contribution in [3.63, 3.8) is 0 Å². The van der Waals surface area contributed by atoms with Gasteiger partial charge < -0.3 is 9.11 Å². The minimum atomic E-state index is -4.33. The van der Waals surface area contributed by atoms with Gasteiger partial charge in [0, 0.05) is 23.9 Å². The van der Waals surface area contributed by atoms with Crippen LogP contribution in [0.15, 0.2) is 134 Å². The van der Waals surface area contributed by atoms with Gasteiger partial charge >= 0.3 is 0 Å². The van der Waals surface area contributed by atoms with Crippen LogP contribution in [-0.4, -0.2) is 59.7 Å². The molecule has 1 aromatic heterocycles. The standard InChI is InChI=1S/C38H42N2O6P2S2/c41-49(42,43)29-15-13-27-47(33-17-5-1-6-18-33,34-19-7-2-8-20-34)31-37-38(40-26-25-39-37)32-48(35-21-9-3-10-22-35,36-23-11-4-12-24-36)28-14-16-30-50(44,45)46/h1-12,17-26H,13-16,27-32H2. The molecule has 262 valence electrons. The maximum absolute atomic E-state index is 11.5. The Morgan fingerprint density at radius 1 is 0.440 bits per heavy atom. The Bertz CT molecular complexity index is 1790. The van der Waals surface area contributed by atoms with E-state index < -0.39 is 46.3 Å². The van der Waals surface area contributed by atoms with E-state index in [4.69, 9.17) is 9.97 Å². The molecule has 0 radical (unpaired) electrons. The summed E-state index contributed by atoms with van der Waals surface area (Å²) in [6, 6.07) is 41.2. The lowest BCUT2D eigenvalue weighted by Crippen LogP contribution is -2.29. The molecular formula is C38H42N2O6P2S2. The van der Waals surface area contributed by atoms with Crippen molar-refractivity contribution in [2.24, 2.45) is 0 Å². The Morgan fingerprint density at radius 3 is 0.980 bits per heavy atom. The molecule has 8 nitrogen and oxygen atoms in total. The van der Waals surface area contributed by atoms with Crippen molar-refractivity contribution in [1.82, 2.24) is 9.97 Å². The maximum atomic E-state index is 11.5. The van der Waals surface area contributed by atoms with Crippen LogP contribution in [0.1, 0.15) is 37.1 Å². The second kappa shape index (κ2) is 17.2. The van der Waals surface area contributed by atoms with E-state index in [1.165, 1.54) is 21.2 Å². The first-order chi connectivity index (χ1) is 24.0. The molecule has 0 bridgehead atoms. The van der Waals surface area contributed by atoms with Crippen molar-refractivity contribution >= 4 is 56.0 Å². The largest absolute Gasteiger partial charge is 0.748 e. The van der Waals surface area contributed by atoms with Crippen molar-refractivity contribution < 1.29 is 25.9 Å². The molecule has 0 saturated carbocycles. The number of rotatable bonds is 18. The van der Waals surface area contributed by atoms with Gasteiger partial charge in [-0.15, -0.1) is 0 Å². The summed E-state index contributed by atoms with van der Waals surface area (Å²) in [5.74, 6) is -0.802. The van der Waals surface area contributed by atoms with Crippen LogP contribution in [-0.2, 0) is 32.6 Å². The average molecular weight is 749 g/mol.